The van der Waals surface area contributed by atoms with Crippen LogP contribution >= 0.6 is 0 Å². The van der Waals surface area contributed by atoms with Gasteiger partial charge < -0.3 is 25.7 Å². The molecule has 0 radical (unpaired) electrons. The Balaban J connectivity index is 1.38. The molecule has 32 heavy (non-hydrogen) atoms. The molecule has 2 aromatic carbocycles. The van der Waals surface area contributed by atoms with Gasteiger partial charge in [0.15, 0.2) is 5.76 Å². The van der Waals surface area contributed by atoms with Crippen LogP contribution in [0.25, 0.3) is 0 Å². The van der Waals surface area contributed by atoms with Crippen LogP contribution in [0.5, 0.6) is 0 Å². The molecule has 3 rings (SSSR count). The van der Waals surface area contributed by atoms with Crippen LogP contribution in [0.2, 0.25) is 0 Å². The van der Waals surface area contributed by atoms with Gasteiger partial charge in [-0.05, 0) is 48.5 Å². The molecule has 9 heteroatoms. The lowest BCUT2D eigenvalue weighted by atomic mass is 10.2. The fourth-order valence-electron chi connectivity index (χ4n) is 2.71. The summed E-state index contributed by atoms with van der Waals surface area (Å²) in [6.45, 7) is 0.304. The number of hydrogen-bond acceptors (Lipinski definition) is 5. The van der Waals surface area contributed by atoms with Crippen molar-refractivity contribution in [2.45, 2.75) is 0 Å². The molecule has 164 valence electrons. The molecule has 0 unspecified atom stereocenters. The van der Waals surface area contributed by atoms with E-state index in [1.807, 2.05) is 0 Å². The van der Waals surface area contributed by atoms with Crippen LogP contribution in [-0.4, -0.2) is 43.3 Å². The van der Waals surface area contributed by atoms with Gasteiger partial charge in [0.25, 0.3) is 17.7 Å². The summed E-state index contributed by atoms with van der Waals surface area (Å²) >= 11 is 0. The highest BCUT2D eigenvalue weighted by molar-refractivity contribution is 6.00. The van der Waals surface area contributed by atoms with E-state index in [0.29, 0.717) is 16.8 Å². The quantitative estimate of drug-likeness (QED) is 0.382. The van der Waals surface area contributed by atoms with Gasteiger partial charge in [0.2, 0.25) is 5.91 Å². The number of amides is 4. The first-order valence-electron chi connectivity index (χ1n) is 9.86. The molecule has 0 aliphatic carbocycles. The second-order valence-corrected chi connectivity index (χ2v) is 6.66. The van der Waals surface area contributed by atoms with E-state index in [9.17, 15) is 19.2 Å². The second-order valence-electron chi connectivity index (χ2n) is 6.66. The van der Waals surface area contributed by atoms with Crippen LogP contribution in [0.15, 0.2) is 77.4 Å². The van der Waals surface area contributed by atoms with Gasteiger partial charge in [-0.15, -0.1) is 0 Å². The van der Waals surface area contributed by atoms with Gasteiger partial charge in [-0.2, -0.15) is 0 Å². The zero-order valence-electron chi connectivity index (χ0n) is 17.1. The molecule has 1 aromatic heterocycles. The molecule has 0 aliphatic heterocycles. The van der Waals surface area contributed by atoms with Crippen molar-refractivity contribution in [3.63, 3.8) is 0 Å². The smallest absolute Gasteiger partial charge is 0.287 e. The monoisotopic (exact) mass is 434 g/mol. The van der Waals surface area contributed by atoms with E-state index in [1.165, 1.54) is 6.26 Å². The summed E-state index contributed by atoms with van der Waals surface area (Å²) in [5, 5.41) is 10.5. The van der Waals surface area contributed by atoms with Crippen LogP contribution < -0.4 is 21.3 Å². The van der Waals surface area contributed by atoms with E-state index < -0.39 is 5.91 Å². The standard InChI is InChI=1S/C23H22N4O5/c28-20(15-26-22(30)16-5-2-1-3-6-16)27-18-10-8-17(9-11-18)21(29)24-12-13-25-23(31)19-7-4-14-32-19/h1-11,14H,12-13,15H2,(H,24,29)(H,25,31)(H,26,30)(H,27,28). The molecule has 1 heterocycles. The number of benzene rings is 2. The molecule has 9 nitrogen and oxygen atoms in total. The molecular weight excluding hydrogens is 412 g/mol. The Labute approximate surface area is 184 Å². The Morgan fingerprint density at radius 1 is 0.656 bits per heavy atom. The molecule has 0 fully saturated rings. The third kappa shape index (κ3) is 6.56. The van der Waals surface area contributed by atoms with Gasteiger partial charge in [-0.3, -0.25) is 19.2 Å². The molecule has 0 bridgehead atoms. The predicted octanol–water partition coefficient (Wildman–Crippen LogP) is 1.81. The predicted molar refractivity (Wildman–Crippen MR) is 117 cm³/mol. The maximum Gasteiger partial charge on any atom is 0.287 e. The minimum Gasteiger partial charge on any atom is -0.459 e. The highest BCUT2D eigenvalue weighted by Crippen LogP contribution is 2.09. The summed E-state index contributed by atoms with van der Waals surface area (Å²) in [7, 11) is 0. The molecule has 0 saturated carbocycles. The fourth-order valence-corrected chi connectivity index (χ4v) is 2.71. The lowest BCUT2D eigenvalue weighted by Crippen LogP contribution is -2.34. The van der Waals surface area contributed by atoms with Crippen LogP contribution in [0, 0.1) is 0 Å². The first-order valence-corrected chi connectivity index (χ1v) is 9.86. The summed E-state index contributed by atoms with van der Waals surface area (Å²) < 4.78 is 4.98. The van der Waals surface area contributed by atoms with E-state index in [1.54, 1.807) is 66.7 Å². The Morgan fingerprint density at radius 3 is 1.94 bits per heavy atom. The summed E-state index contributed by atoms with van der Waals surface area (Å²) in [6.07, 6.45) is 1.41. The van der Waals surface area contributed by atoms with Crippen LogP contribution in [0.4, 0.5) is 5.69 Å². The summed E-state index contributed by atoms with van der Waals surface area (Å²) in [4.78, 5) is 47.9. The lowest BCUT2D eigenvalue weighted by molar-refractivity contribution is -0.115. The minimum atomic E-state index is -0.390. The molecule has 0 atom stereocenters. The van der Waals surface area contributed by atoms with Gasteiger partial charge in [0.1, 0.15) is 0 Å². The largest absolute Gasteiger partial charge is 0.459 e. The highest BCUT2D eigenvalue weighted by atomic mass is 16.3. The summed E-state index contributed by atoms with van der Waals surface area (Å²) in [5.74, 6) is -1.20. The molecule has 4 N–H and O–H groups in total. The van der Waals surface area contributed by atoms with Crippen LogP contribution in [0.1, 0.15) is 31.3 Å². The topological polar surface area (TPSA) is 130 Å². The van der Waals surface area contributed by atoms with Gasteiger partial charge in [0.05, 0.1) is 12.8 Å². The van der Waals surface area contributed by atoms with E-state index >= 15 is 0 Å². The van der Waals surface area contributed by atoms with Gasteiger partial charge in [-0.1, -0.05) is 18.2 Å². The first kappa shape index (κ1) is 22.3. The molecule has 0 saturated heterocycles. The van der Waals surface area contributed by atoms with Gasteiger partial charge >= 0.3 is 0 Å². The van der Waals surface area contributed by atoms with Crippen molar-refractivity contribution < 1.29 is 23.6 Å². The number of carbonyl (C=O) groups excluding carboxylic acids is 4. The lowest BCUT2D eigenvalue weighted by Gasteiger charge is -2.09. The zero-order valence-corrected chi connectivity index (χ0v) is 17.1. The second kappa shape index (κ2) is 11.1. The third-order valence-electron chi connectivity index (χ3n) is 4.32. The SMILES string of the molecule is O=C(CNC(=O)c1ccccc1)Nc1ccc(C(=O)NCCNC(=O)c2ccco2)cc1. The first-order chi connectivity index (χ1) is 15.5. The van der Waals surface area contributed by atoms with Gasteiger partial charge in [-0.25, -0.2) is 0 Å². The minimum absolute atomic E-state index is 0.181. The summed E-state index contributed by atoms with van der Waals surface area (Å²) in [5.41, 5.74) is 1.36. The molecule has 3 aromatic rings. The number of nitrogens with one attached hydrogen (secondary N) is 4. The Morgan fingerprint density at radius 2 is 1.28 bits per heavy atom. The Kier molecular flexibility index (Phi) is 7.74. The van der Waals surface area contributed by atoms with Crippen molar-refractivity contribution >= 4 is 29.3 Å². The molecular formula is C23H22N4O5. The van der Waals surface area contributed by atoms with E-state index in [-0.39, 0.29) is 43.1 Å². The molecule has 0 aliphatic rings. The van der Waals surface area contributed by atoms with E-state index in [2.05, 4.69) is 21.3 Å². The van der Waals surface area contributed by atoms with Crippen molar-refractivity contribution in [3.05, 3.63) is 89.9 Å². The zero-order chi connectivity index (χ0) is 22.8. The van der Waals surface area contributed by atoms with Crippen molar-refractivity contribution in [2.24, 2.45) is 0 Å². The number of rotatable bonds is 9. The molecule has 0 spiro atoms. The number of furan rings is 1. The van der Waals surface area contributed by atoms with Gasteiger partial charge in [0, 0.05) is 29.9 Å². The van der Waals surface area contributed by atoms with Crippen molar-refractivity contribution in [2.75, 3.05) is 25.0 Å². The highest BCUT2D eigenvalue weighted by Gasteiger charge is 2.10. The normalized spacial score (nSPS) is 10.1. The fraction of sp³-hybridized carbons (Fsp3) is 0.130. The molecule has 4 amide bonds. The maximum atomic E-state index is 12.2. The number of anilines is 1. The Hall–Kier alpha value is -4.40. The summed E-state index contributed by atoms with van der Waals surface area (Å²) in [6, 6.07) is 18.1. The van der Waals surface area contributed by atoms with E-state index in [0.717, 1.165) is 0 Å². The average Bonchev–Trinajstić information content (AvgIpc) is 3.36. The van der Waals surface area contributed by atoms with Crippen LogP contribution in [-0.2, 0) is 4.79 Å². The van der Waals surface area contributed by atoms with Crippen molar-refractivity contribution in [1.29, 1.82) is 0 Å². The number of carbonyl (C=O) groups is 4. The number of hydrogen-bond donors (Lipinski definition) is 4. The Bertz CT molecular complexity index is 1060. The average molecular weight is 434 g/mol. The third-order valence-corrected chi connectivity index (χ3v) is 4.32. The van der Waals surface area contributed by atoms with E-state index in [4.69, 9.17) is 4.42 Å². The van der Waals surface area contributed by atoms with Crippen molar-refractivity contribution in [3.8, 4) is 0 Å². The van der Waals surface area contributed by atoms with Crippen molar-refractivity contribution in [1.82, 2.24) is 16.0 Å². The maximum absolute atomic E-state index is 12.2. The van der Waals surface area contributed by atoms with Crippen LogP contribution in [0.3, 0.4) is 0 Å².